The summed E-state index contributed by atoms with van der Waals surface area (Å²) < 4.78 is 5.57. The monoisotopic (exact) mass is 259 g/mol. The fraction of sp³-hybridized carbons (Fsp3) is 0.500. The smallest absolute Gasteiger partial charge is 0.120 e. The third-order valence-electron chi connectivity index (χ3n) is 4.15. The van der Waals surface area contributed by atoms with Crippen LogP contribution in [-0.2, 0) is 6.42 Å². The van der Waals surface area contributed by atoms with E-state index >= 15 is 0 Å². The van der Waals surface area contributed by atoms with Crippen LogP contribution in [0.3, 0.4) is 0 Å². The Balaban J connectivity index is 1.88. The minimum absolute atomic E-state index is 0.125. The number of aliphatic hydroxyl groups excluding tert-OH is 1. The van der Waals surface area contributed by atoms with Gasteiger partial charge in [0.15, 0.2) is 0 Å². The molecule has 19 heavy (non-hydrogen) atoms. The van der Waals surface area contributed by atoms with E-state index in [4.69, 9.17) is 4.74 Å². The van der Waals surface area contributed by atoms with E-state index in [1.54, 1.807) is 0 Å². The first-order valence-corrected chi connectivity index (χ1v) is 7.19. The third-order valence-corrected chi connectivity index (χ3v) is 4.15. The lowest BCUT2D eigenvalue weighted by Gasteiger charge is -2.13. The van der Waals surface area contributed by atoms with Crippen molar-refractivity contribution < 1.29 is 9.84 Å². The molecule has 1 aliphatic rings. The van der Waals surface area contributed by atoms with Crippen LogP contribution in [0.25, 0.3) is 10.9 Å². The predicted octanol–water partition coefficient (Wildman–Crippen LogP) is 3.27. The van der Waals surface area contributed by atoms with Gasteiger partial charge in [0.1, 0.15) is 5.75 Å². The van der Waals surface area contributed by atoms with E-state index in [1.165, 1.54) is 10.9 Å². The van der Waals surface area contributed by atoms with Crippen LogP contribution in [-0.4, -0.2) is 22.8 Å². The summed E-state index contributed by atoms with van der Waals surface area (Å²) in [6, 6.07) is 6.16. The number of H-pyrrole nitrogens is 1. The van der Waals surface area contributed by atoms with E-state index in [0.29, 0.717) is 12.5 Å². The average molecular weight is 259 g/mol. The van der Waals surface area contributed by atoms with Crippen LogP contribution in [0, 0.1) is 5.92 Å². The van der Waals surface area contributed by atoms with Crippen LogP contribution in [0.1, 0.15) is 31.7 Å². The Bertz CT molecular complexity index is 561. The molecule has 2 aromatic rings. The molecule has 1 fully saturated rings. The first kappa shape index (κ1) is 12.5. The lowest BCUT2D eigenvalue weighted by Crippen LogP contribution is -2.15. The molecule has 0 bridgehead atoms. The maximum absolute atomic E-state index is 9.96. The summed E-state index contributed by atoms with van der Waals surface area (Å²) in [5.74, 6) is 1.33. The highest BCUT2D eigenvalue weighted by Gasteiger charge is 2.26. The van der Waals surface area contributed by atoms with Crippen molar-refractivity contribution in [1.29, 1.82) is 0 Å². The summed E-state index contributed by atoms with van der Waals surface area (Å²) in [7, 11) is 0. The van der Waals surface area contributed by atoms with Gasteiger partial charge in [-0.1, -0.05) is 6.42 Å². The van der Waals surface area contributed by atoms with E-state index in [1.807, 2.05) is 13.0 Å². The molecule has 0 saturated heterocycles. The van der Waals surface area contributed by atoms with Crippen LogP contribution in [0.2, 0.25) is 0 Å². The SMILES string of the molecule is CCOc1ccc2[nH]cc(CC3CCCC3O)c2c1. The van der Waals surface area contributed by atoms with Gasteiger partial charge in [-0.15, -0.1) is 0 Å². The molecule has 3 rings (SSSR count). The number of aliphatic hydroxyl groups is 1. The number of hydrogen-bond acceptors (Lipinski definition) is 2. The van der Waals surface area contributed by atoms with Gasteiger partial charge in [-0.05, 0) is 55.9 Å². The number of nitrogens with one attached hydrogen (secondary N) is 1. The molecule has 1 aliphatic carbocycles. The topological polar surface area (TPSA) is 45.2 Å². The molecule has 0 amide bonds. The second-order valence-corrected chi connectivity index (χ2v) is 5.42. The second-order valence-electron chi connectivity index (χ2n) is 5.42. The van der Waals surface area contributed by atoms with E-state index < -0.39 is 0 Å². The zero-order valence-electron chi connectivity index (χ0n) is 11.4. The van der Waals surface area contributed by atoms with Crippen molar-refractivity contribution in [3.8, 4) is 5.75 Å². The number of fused-ring (bicyclic) bond motifs is 1. The molecule has 3 heteroatoms. The summed E-state index contributed by atoms with van der Waals surface area (Å²) in [6.07, 6.45) is 6.15. The number of rotatable bonds is 4. The van der Waals surface area contributed by atoms with E-state index in [-0.39, 0.29) is 6.10 Å². The Labute approximate surface area is 113 Å². The Hall–Kier alpha value is -1.48. The Morgan fingerprint density at radius 3 is 3.00 bits per heavy atom. The maximum Gasteiger partial charge on any atom is 0.120 e. The van der Waals surface area contributed by atoms with Crippen molar-refractivity contribution in [1.82, 2.24) is 4.98 Å². The Morgan fingerprint density at radius 2 is 2.26 bits per heavy atom. The van der Waals surface area contributed by atoms with Crippen molar-refractivity contribution in [3.05, 3.63) is 30.0 Å². The van der Waals surface area contributed by atoms with Gasteiger partial charge in [-0.25, -0.2) is 0 Å². The summed E-state index contributed by atoms with van der Waals surface area (Å²) in [5.41, 5.74) is 2.44. The van der Waals surface area contributed by atoms with E-state index in [0.717, 1.165) is 36.9 Å². The molecule has 2 N–H and O–H groups in total. The molecule has 1 aromatic heterocycles. The van der Waals surface area contributed by atoms with Gasteiger partial charge in [0.25, 0.3) is 0 Å². The summed E-state index contributed by atoms with van der Waals surface area (Å²) >= 11 is 0. The van der Waals surface area contributed by atoms with Gasteiger partial charge in [0, 0.05) is 17.1 Å². The molecule has 1 heterocycles. The molecule has 3 nitrogen and oxygen atoms in total. The first-order valence-electron chi connectivity index (χ1n) is 7.19. The van der Waals surface area contributed by atoms with Crippen LogP contribution in [0.4, 0.5) is 0 Å². The maximum atomic E-state index is 9.96. The number of hydrogen-bond donors (Lipinski definition) is 2. The highest BCUT2D eigenvalue weighted by atomic mass is 16.5. The highest BCUT2D eigenvalue weighted by Crippen LogP contribution is 2.32. The lowest BCUT2D eigenvalue weighted by molar-refractivity contribution is 0.133. The van der Waals surface area contributed by atoms with Crippen molar-refractivity contribution in [2.75, 3.05) is 6.61 Å². The minimum atomic E-state index is -0.125. The average Bonchev–Trinajstić information content (AvgIpc) is 2.98. The minimum Gasteiger partial charge on any atom is -0.494 e. The summed E-state index contributed by atoms with van der Waals surface area (Å²) in [5, 5.41) is 11.2. The zero-order chi connectivity index (χ0) is 13.2. The summed E-state index contributed by atoms with van der Waals surface area (Å²) in [4.78, 5) is 3.31. The van der Waals surface area contributed by atoms with Crippen molar-refractivity contribution in [3.63, 3.8) is 0 Å². The number of aromatic amines is 1. The van der Waals surface area contributed by atoms with Gasteiger partial charge >= 0.3 is 0 Å². The largest absolute Gasteiger partial charge is 0.494 e. The predicted molar refractivity (Wildman–Crippen MR) is 76.5 cm³/mol. The Morgan fingerprint density at radius 1 is 1.37 bits per heavy atom. The normalized spacial score (nSPS) is 23.1. The quantitative estimate of drug-likeness (QED) is 0.885. The van der Waals surface area contributed by atoms with Crippen molar-refractivity contribution in [2.45, 2.75) is 38.7 Å². The van der Waals surface area contributed by atoms with Gasteiger partial charge in [0.2, 0.25) is 0 Å². The molecule has 1 aromatic carbocycles. The molecule has 102 valence electrons. The molecular weight excluding hydrogens is 238 g/mol. The van der Waals surface area contributed by atoms with E-state index in [9.17, 15) is 5.11 Å². The highest BCUT2D eigenvalue weighted by molar-refractivity contribution is 5.84. The lowest BCUT2D eigenvalue weighted by atomic mass is 9.96. The second kappa shape index (κ2) is 5.25. The zero-order valence-corrected chi connectivity index (χ0v) is 11.4. The van der Waals surface area contributed by atoms with Gasteiger partial charge in [-0.3, -0.25) is 0 Å². The third kappa shape index (κ3) is 2.47. The molecule has 0 aliphatic heterocycles. The van der Waals surface area contributed by atoms with Crippen LogP contribution in [0.5, 0.6) is 5.75 Å². The van der Waals surface area contributed by atoms with Gasteiger partial charge in [-0.2, -0.15) is 0 Å². The van der Waals surface area contributed by atoms with Gasteiger partial charge in [0.05, 0.1) is 12.7 Å². The number of benzene rings is 1. The molecule has 2 unspecified atom stereocenters. The molecule has 2 atom stereocenters. The van der Waals surface area contributed by atoms with Crippen LogP contribution in [0.15, 0.2) is 24.4 Å². The Kier molecular flexibility index (Phi) is 3.47. The number of ether oxygens (including phenoxy) is 1. The fourth-order valence-electron chi connectivity index (χ4n) is 3.12. The number of aromatic nitrogens is 1. The molecular formula is C16H21NO2. The van der Waals surface area contributed by atoms with E-state index in [2.05, 4.69) is 23.3 Å². The molecule has 1 saturated carbocycles. The fourth-order valence-corrected chi connectivity index (χ4v) is 3.12. The van der Waals surface area contributed by atoms with Crippen LogP contribution >= 0.6 is 0 Å². The molecule has 0 spiro atoms. The first-order chi connectivity index (χ1) is 9.28. The van der Waals surface area contributed by atoms with Crippen molar-refractivity contribution in [2.24, 2.45) is 5.92 Å². The van der Waals surface area contributed by atoms with Crippen molar-refractivity contribution >= 4 is 10.9 Å². The summed E-state index contributed by atoms with van der Waals surface area (Å²) in [6.45, 7) is 2.68. The van der Waals surface area contributed by atoms with Crippen LogP contribution < -0.4 is 4.74 Å². The standard InChI is InChI=1S/C16H21NO2/c1-2-19-13-6-7-15-14(9-13)12(10-17-15)8-11-4-3-5-16(11)18/h6-7,9-11,16-18H,2-5,8H2,1H3. The van der Waals surface area contributed by atoms with Gasteiger partial charge < -0.3 is 14.8 Å². The molecule has 0 radical (unpaired) electrons.